The minimum Gasteiger partial charge on any atom is -0.355 e. The molecule has 0 spiro atoms. The van der Waals surface area contributed by atoms with Gasteiger partial charge in [-0.05, 0) is 37.3 Å². The van der Waals surface area contributed by atoms with Crippen LogP contribution in [0.3, 0.4) is 0 Å². The first-order chi connectivity index (χ1) is 13.1. The summed E-state index contributed by atoms with van der Waals surface area (Å²) in [5, 5.41) is 7.65. The van der Waals surface area contributed by atoms with Gasteiger partial charge in [0.05, 0.1) is 10.6 Å². The second kappa shape index (κ2) is 7.62. The summed E-state index contributed by atoms with van der Waals surface area (Å²) in [6, 6.07) is 7.69. The lowest BCUT2D eigenvalue weighted by molar-refractivity contribution is 0.0963. The maximum Gasteiger partial charge on any atom is 0.267 e. The molecule has 2 aromatic heterocycles. The highest BCUT2D eigenvalue weighted by Crippen LogP contribution is 2.39. The third-order valence-electron chi connectivity index (χ3n) is 4.84. The van der Waals surface area contributed by atoms with Crippen LogP contribution in [-0.4, -0.2) is 18.9 Å². The average Bonchev–Trinajstić information content (AvgIpc) is 3.09. The van der Waals surface area contributed by atoms with Crippen LogP contribution in [0.15, 0.2) is 24.3 Å². The molecule has 0 bridgehead atoms. The third-order valence-corrected chi connectivity index (χ3v) is 7.73. The number of benzene rings is 1. The summed E-state index contributed by atoms with van der Waals surface area (Å²) >= 11 is 9.34. The van der Waals surface area contributed by atoms with Crippen molar-refractivity contribution in [3.05, 3.63) is 50.2 Å². The highest BCUT2D eigenvalue weighted by Gasteiger charge is 2.26. The summed E-state index contributed by atoms with van der Waals surface area (Å²) in [7, 11) is 1.62. The molecular weight excluding hydrogens is 400 g/mol. The minimum atomic E-state index is -0.261. The summed E-state index contributed by atoms with van der Waals surface area (Å²) in [4.78, 5) is 27.2. The van der Waals surface area contributed by atoms with E-state index in [1.807, 2.05) is 24.3 Å². The average molecular weight is 419 g/mol. The molecular formula is C20H19ClN2O2S2. The first-order valence-electron chi connectivity index (χ1n) is 8.95. The lowest BCUT2D eigenvalue weighted by Crippen LogP contribution is -2.21. The zero-order valence-electron chi connectivity index (χ0n) is 14.9. The van der Waals surface area contributed by atoms with E-state index >= 15 is 0 Å². The fourth-order valence-corrected chi connectivity index (χ4v) is 6.21. The Morgan fingerprint density at radius 2 is 1.81 bits per heavy atom. The largest absolute Gasteiger partial charge is 0.355 e. The van der Waals surface area contributed by atoms with E-state index in [9.17, 15) is 9.59 Å². The molecule has 27 heavy (non-hydrogen) atoms. The number of carbonyl (C=O) groups excluding carboxylic acids is 2. The van der Waals surface area contributed by atoms with Crippen LogP contribution in [0.4, 0.5) is 5.00 Å². The molecule has 1 aromatic carbocycles. The predicted molar refractivity (Wildman–Crippen MR) is 114 cm³/mol. The molecule has 0 saturated carbocycles. The lowest BCUT2D eigenvalue weighted by Gasteiger charge is -2.07. The van der Waals surface area contributed by atoms with E-state index in [1.165, 1.54) is 34.0 Å². The molecule has 1 aliphatic rings. The van der Waals surface area contributed by atoms with Crippen molar-refractivity contribution in [3.63, 3.8) is 0 Å². The fourth-order valence-electron chi connectivity index (χ4n) is 3.52. The summed E-state index contributed by atoms with van der Waals surface area (Å²) in [5.74, 6) is -0.407. The molecule has 0 atom stereocenters. The van der Waals surface area contributed by atoms with Gasteiger partial charge in [-0.3, -0.25) is 9.59 Å². The van der Waals surface area contributed by atoms with Crippen molar-refractivity contribution >= 4 is 61.2 Å². The van der Waals surface area contributed by atoms with Crippen LogP contribution < -0.4 is 10.6 Å². The van der Waals surface area contributed by atoms with Crippen molar-refractivity contribution in [2.24, 2.45) is 0 Å². The van der Waals surface area contributed by atoms with Crippen molar-refractivity contribution < 1.29 is 9.59 Å². The number of halogens is 1. The van der Waals surface area contributed by atoms with Crippen LogP contribution >= 0.6 is 34.3 Å². The molecule has 4 rings (SSSR count). The highest BCUT2D eigenvalue weighted by molar-refractivity contribution is 7.22. The Labute approximate surface area is 170 Å². The van der Waals surface area contributed by atoms with Crippen LogP contribution in [0.2, 0.25) is 5.02 Å². The first-order valence-corrected chi connectivity index (χ1v) is 11.0. The van der Waals surface area contributed by atoms with E-state index < -0.39 is 0 Å². The van der Waals surface area contributed by atoms with Crippen LogP contribution in [0.5, 0.6) is 0 Å². The van der Waals surface area contributed by atoms with E-state index in [2.05, 4.69) is 10.6 Å². The molecule has 3 aromatic rings. The van der Waals surface area contributed by atoms with Gasteiger partial charge in [0.1, 0.15) is 9.88 Å². The number of amides is 2. The van der Waals surface area contributed by atoms with Crippen molar-refractivity contribution in [3.8, 4) is 0 Å². The van der Waals surface area contributed by atoms with Crippen molar-refractivity contribution in [2.75, 3.05) is 12.4 Å². The predicted octanol–water partition coefficient (Wildman–Crippen LogP) is 5.50. The number of aryl methyl sites for hydroxylation is 1. The Bertz CT molecular complexity index is 1040. The molecule has 2 heterocycles. The second-order valence-electron chi connectivity index (χ2n) is 6.54. The van der Waals surface area contributed by atoms with Gasteiger partial charge in [-0.25, -0.2) is 0 Å². The number of anilines is 1. The molecule has 0 radical (unpaired) electrons. The molecule has 140 valence electrons. The normalized spacial score (nSPS) is 13.9. The van der Waals surface area contributed by atoms with E-state index in [0.717, 1.165) is 41.3 Å². The Morgan fingerprint density at radius 3 is 2.59 bits per heavy atom. The van der Waals surface area contributed by atoms with Crippen molar-refractivity contribution in [1.82, 2.24) is 5.32 Å². The summed E-state index contributed by atoms with van der Waals surface area (Å²) < 4.78 is 0.973. The van der Waals surface area contributed by atoms with Gasteiger partial charge in [0.15, 0.2) is 0 Å². The van der Waals surface area contributed by atoms with Gasteiger partial charge in [0.2, 0.25) is 0 Å². The maximum absolute atomic E-state index is 12.9. The smallest absolute Gasteiger partial charge is 0.267 e. The number of thiophene rings is 2. The Balaban J connectivity index is 1.72. The van der Waals surface area contributed by atoms with Crippen LogP contribution in [0, 0.1) is 0 Å². The Kier molecular flexibility index (Phi) is 5.21. The molecule has 0 saturated heterocycles. The number of hydrogen-bond donors (Lipinski definition) is 2. The van der Waals surface area contributed by atoms with E-state index in [0.29, 0.717) is 20.5 Å². The summed E-state index contributed by atoms with van der Waals surface area (Å²) in [6.45, 7) is 0. The zero-order chi connectivity index (χ0) is 19.0. The Hall–Kier alpha value is -1.89. The SMILES string of the molecule is CNC(=O)c1c(NC(=O)c2sc3ccccc3c2Cl)sc2c1CCCCC2. The third kappa shape index (κ3) is 3.37. The van der Waals surface area contributed by atoms with Crippen LogP contribution in [0.25, 0.3) is 10.1 Å². The van der Waals surface area contributed by atoms with Crippen molar-refractivity contribution in [2.45, 2.75) is 32.1 Å². The minimum absolute atomic E-state index is 0.146. The van der Waals surface area contributed by atoms with Gasteiger partial charge in [-0.2, -0.15) is 0 Å². The van der Waals surface area contributed by atoms with Gasteiger partial charge >= 0.3 is 0 Å². The standard InChI is InChI=1S/C20H19ClN2O2S2/c1-22-18(24)15-11-7-3-2-4-9-13(11)27-20(15)23-19(25)17-16(21)12-8-5-6-10-14(12)26-17/h5-6,8,10H,2-4,7,9H2,1H3,(H,22,24)(H,23,25). The van der Waals surface area contributed by atoms with E-state index in [1.54, 1.807) is 7.05 Å². The lowest BCUT2D eigenvalue weighted by atomic mass is 10.0. The molecule has 0 unspecified atom stereocenters. The molecule has 2 amide bonds. The molecule has 1 aliphatic carbocycles. The summed E-state index contributed by atoms with van der Waals surface area (Å²) in [6.07, 6.45) is 5.21. The highest BCUT2D eigenvalue weighted by atomic mass is 35.5. The second-order valence-corrected chi connectivity index (χ2v) is 9.08. The fraction of sp³-hybridized carbons (Fsp3) is 0.300. The van der Waals surface area contributed by atoms with Gasteiger partial charge in [-0.15, -0.1) is 22.7 Å². The summed E-state index contributed by atoms with van der Waals surface area (Å²) in [5.41, 5.74) is 1.71. The van der Waals surface area contributed by atoms with Crippen LogP contribution in [-0.2, 0) is 12.8 Å². The quantitative estimate of drug-likeness (QED) is 0.552. The van der Waals surface area contributed by atoms with E-state index in [4.69, 9.17) is 11.6 Å². The number of rotatable bonds is 3. The number of fused-ring (bicyclic) bond motifs is 2. The first kappa shape index (κ1) is 18.5. The Morgan fingerprint density at radius 1 is 1.04 bits per heavy atom. The maximum atomic E-state index is 12.9. The number of hydrogen-bond acceptors (Lipinski definition) is 4. The number of carbonyl (C=O) groups is 2. The zero-order valence-corrected chi connectivity index (χ0v) is 17.2. The van der Waals surface area contributed by atoms with Gasteiger partial charge < -0.3 is 10.6 Å². The molecule has 2 N–H and O–H groups in total. The molecule has 7 heteroatoms. The van der Waals surface area contributed by atoms with Gasteiger partial charge in [0.25, 0.3) is 11.8 Å². The molecule has 4 nitrogen and oxygen atoms in total. The molecule has 0 fully saturated rings. The van der Waals surface area contributed by atoms with Crippen LogP contribution in [0.1, 0.15) is 49.7 Å². The monoisotopic (exact) mass is 418 g/mol. The van der Waals surface area contributed by atoms with Gasteiger partial charge in [0, 0.05) is 22.0 Å². The topological polar surface area (TPSA) is 58.2 Å². The van der Waals surface area contributed by atoms with Crippen molar-refractivity contribution in [1.29, 1.82) is 0 Å². The number of nitrogens with one attached hydrogen (secondary N) is 2. The molecule has 0 aliphatic heterocycles. The van der Waals surface area contributed by atoms with Gasteiger partial charge in [-0.1, -0.05) is 36.2 Å². The van der Waals surface area contributed by atoms with E-state index in [-0.39, 0.29) is 11.8 Å².